The van der Waals surface area contributed by atoms with Crippen LogP contribution < -0.4 is 0 Å². The van der Waals surface area contributed by atoms with E-state index in [2.05, 4.69) is 45.3 Å². The van der Waals surface area contributed by atoms with Gasteiger partial charge in [0, 0.05) is 18.2 Å². The number of hydrogen-bond acceptors (Lipinski definition) is 2. The third kappa shape index (κ3) is 2.76. The van der Waals surface area contributed by atoms with E-state index < -0.39 is 0 Å². The molecule has 1 fully saturated rings. The first-order valence-corrected chi connectivity index (χ1v) is 8.28. The first-order valence-electron chi connectivity index (χ1n) is 8.28. The molecule has 0 bridgehead atoms. The second kappa shape index (κ2) is 5.91. The van der Waals surface area contributed by atoms with Gasteiger partial charge in [0.05, 0.1) is 5.52 Å². The molecule has 1 aliphatic rings. The standard InChI is InChI=1S/C19H21N3/c1-2-8-15(9-3-1)16-12-17-19(20-13-16)22-18(21-17)11-10-14-6-4-5-7-14/h1-3,8-9,12-14H,4-7,10-11H2,(H,20,21,22). The summed E-state index contributed by atoms with van der Waals surface area (Å²) in [5, 5.41) is 0. The molecule has 3 nitrogen and oxygen atoms in total. The number of pyridine rings is 1. The molecule has 112 valence electrons. The molecule has 0 spiro atoms. The molecule has 0 amide bonds. The van der Waals surface area contributed by atoms with Crippen LogP contribution in [0.3, 0.4) is 0 Å². The second-order valence-corrected chi connectivity index (χ2v) is 6.33. The van der Waals surface area contributed by atoms with E-state index in [1.54, 1.807) is 0 Å². The second-order valence-electron chi connectivity index (χ2n) is 6.33. The summed E-state index contributed by atoms with van der Waals surface area (Å²) < 4.78 is 0. The van der Waals surface area contributed by atoms with Crippen LogP contribution in [0.5, 0.6) is 0 Å². The maximum absolute atomic E-state index is 4.64. The molecule has 4 rings (SSSR count). The minimum Gasteiger partial charge on any atom is -0.341 e. The van der Waals surface area contributed by atoms with E-state index in [4.69, 9.17) is 0 Å². The summed E-state index contributed by atoms with van der Waals surface area (Å²) in [5.41, 5.74) is 4.21. The number of aryl methyl sites for hydroxylation is 1. The number of nitrogens with one attached hydrogen (secondary N) is 1. The average molecular weight is 291 g/mol. The van der Waals surface area contributed by atoms with Crippen molar-refractivity contribution >= 4 is 11.2 Å². The van der Waals surface area contributed by atoms with E-state index in [1.165, 1.54) is 37.7 Å². The fourth-order valence-electron chi connectivity index (χ4n) is 3.50. The lowest BCUT2D eigenvalue weighted by molar-refractivity contribution is 0.498. The zero-order valence-electron chi connectivity index (χ0n) is 12.8. The predicted octanol–water partition coefficient (Wildman–Crippen LogP) is 4.75. The monoisotopic (exact) mass is 291 g/mol. The largest absolute Gasteiger partial charge is 0.341 e. The molecular weight excluding hydrogens is 270 g/mol. The van der Waals surface area contributed by atoms with Gasteiger partial charge in [-0.25, -0.2) is 9.97 Å². The van der Waals surface area contributed by atoms with Crippen molar-refractivity contribution in [2.45, 2.75) is 38.5 Å². The third-order valence-corrected chi connectivity index (χ3v) is 4.76. The molecule has 1 saturated carbocycles. The number of imidazole rings is 1. The molecule has 0 saturated heterocycles. The van der Waals surface area contributed by atoms with Gasteiger partial charge in [-0.1, -0.05) is 56.0 Å². The van der Waals surface area contributed by atoms with Gasteiger partial charge in [-0.3, -0.25) is 0 Å². The normalized spacial score (nSPS) is 15.6. The van der Waals surface area contributed by atoms with E-state index in [0.717, 1.165) is 34.9 Å². The molecule has 0 radical (unpaired) electrons. The van der Waals surface area contributed by atoms with Crippen molar-refractivity contribution in [1.29, 1.82) is 0 Å². The zero-order valence-corrected chi connectivity index (χ0v) is 12.8. The Balaban J connectivity index is 1.55. The molecule has 0 aliphatic heterocycles. The van der Waals surface area contributed by atoms with Crippen LogP contribution in [0.4, 0.5) is 0 Å². The number of H-pyrrole nitrogens is 1. The number of aromatic nitrogens is 3. The van der Waals surface area contributed by atoms with Crippen molar-refractivity contribution in [3.05, 3.63) is 48.4 Å². The minimum absolute atomic E-state index is 0.834. The van der Waals surface area contributed by atoms with Crippen LogP contribution >= 0.6 is 0 Å². The van der Waals surface area contributed by atoms with Gasteiger partial charge in [0.1, 0.15) is 5.82 Å². The lowest BCUT2D eigenvalue weighted by atomic mass is 10.0. The Morgan fingerprint density at radius 3 is 2.68 bits per heavy atom. The van der Waals surface area contributed by atoms with Crippen LogP contribution in [0.2, 0.25) is 0 Å². The van der Waals surface area contributed by atoms with Crippen LogP contribution in [0.1, 0.15) is 37.9 Å². The van der Waals surface area contributed by atoms with Crippen molar-refractivity contribution in [2.24, 2.45) is 5.92 Å². The fourth-order valence-corrected chi connectivity index (χ4v) is 3.50. The molecule has 0 unspecified atom stereocenters. The SMILES string of the molecule is c1ccc(-c2cnc3nc(CCC4CCCC4)[nH]c3c2)cc1. The summed E-state index contributed by atoms with van der Waals surface area (Å²) in [7, 11) is 0. The number of benzene rings is 1. The summed E-state index contributed by atoms with van der Waals surface area (Å²) in [5.74, 6) is 1.99. The topological polar surface area (TPSA) is 41.6 Å². The van der Waals surface area contributed by atoms with E-state index >= 15 is 0 Å². The molecular formula is C19H21N3. The van der Waals surface area contributed by atoms with Gasteiger partial charge in [-0.05, 0) is 24.0 Å². The maximum atomic E-state index is 4.64. The number of rotatable bonds is 4. The third-order valence-electron chi connectivity index (χ3n) is 4.76. The summed E-state index contributed by atoms with van der Waals surface area (Å²) in [6.45, 7) is 0. The Morgan fingerprint density at radius 2 is 1.86 bits per heavy atom. The van der Waals surface area contributed by atoms with Gasteiger partial charge < -0.3 is 4.98 Å². The quantitative estimate of drug-likeness (QED) is 0.753. The van der Waals surface area contributed by atoms with Crippen molar-refractivity contribution in [2.75, 3.05) is 0 Å². The number of aromatic amines is 1. The van der Waals surface area contributed by atoms with Gasteiger partial charge in [-0.2, -0.15) is 0 Å². The smallest absolute Gasteiger partial charge is 0.177 e. The summed E-state index contributed by atoms with van der Waals surface area (Å²) in [6.07, 6.45) is 9.83. The zero-order chi connectivity index (χ0) is 14.8. The van der Waals surface area contributed by atoms with Crippen molar-refractivity contribution in [3.8, 4) is 11.1 Å². The highest BCUT2D eigenvalue weighted by Crippen LogP contribution is 2.28. The highest BCUT2D eigenvalue weighted by Gasteiger charge is 2.15. The molecule has 3 heteroatoms. The predicted molar refractivity (Wildman–Crippen MR) is 89.6 cm³/mol. The highest BCUT2D eigenvalue weighted by molar-refractivity contribution is 5.78. The number of hydrogen-bond donors (Lipinski definition) is 1. The Hall–Kier alpha value is -2.16. The van der Waals surface area contributed by atoms with Crippen LogP contribution in [0, 0.1) is 5.92 Å². The molecule has 1 aromatic carbocycles. The first kappa shape index (κ1) is 13.5. The Morgan fingerprint density at radius 1 is 1.05 bits per heavy atom. The fraction of sp³-hybridized carbons (Fsp3) is 0.368. The van der Waals surface area contributed by atoms with Crippen LogP contribution in [-0.4, -0.2) is 15.0 Å². The van der Waals surface area contributed by atoms with Gasteiger partial charge in [0.25, 0.3) is 0 Å². The first-order chi connectivity index (χ1) is 10.9. The van der Waals surface area contributed by atoms with Gasteiger partial charge in [0.15, 0.2) is 5.65 Å². The van der Waals surface area contributed by atoms with Crippen molar-refractivity contribution in [1.82, 2.24) is 15.0 Å². The van der Waals surface area contributed by atoms with E-state index in [1.807, 2.05) is 12.3 Å². The number of fused-ring (bicyclic) bond motifs is 1. The molecule has 1 N–H and O–H groups in total. The van der Waals surface area contributed by atoms with Crippen molar-refractivity contribution in [3.63, 3.8) is 0 Å². The lowest BCUT2D eigenvalue weighted by Gasteiger charge is -2.05. The molecule has 1 aliphatic carbocycles. The van der Waals surface area contributed by atoms with Crippen LogP contribution in [0.25, 0.3) is 22.3 Å². The molecule has 22 heavy (non-hydrogen) atoms. The Kier molecular flexibility index (Phi) is 3.63. The molecule has 0 atom stereocenters. The van der Waals surface area contributed by atoms with Gasteiger partial charge in [0.2, 0.25) is 0 Å². The summed E-state index contributed by atoms with van der Waals surface area (Å²) in [6, 6.07) is 12.5. The van der Waals surface area contributed by atoms with Gasteiger partial charge in [-0.15, -0.1) is 0 Å². The molecule has 2 heterocycles. The molecule has 2 aromatic heterocycles. The van der Waals surface area contributed by atoms with E-state index in [0.29, 0.717) is 0 Å². The Bertz CT molecular complexity index is 755. The molecule has 3 aromatic rings. The van der Waals surface area contributed by atoms with Crippen LogP contribution in [0.15, 0.2) is 42.6 Å². The van der Waals surface area contributed by atoms with Gasteiger partial charge >= 0.3 is 0 Å². The van der Waals surface area contributed by atoms with Crippen molar-refractivity contribution < 1.29 is 0 Å². The number of nitrogens with zero attached hydrogens (tertiary/aromatic N) is 2. The minimum atomic E-state index is 0.834. The summed E-state index contributed by atoms with van der Waals surface area (Å²) in [4.78, 5) is 12.6. The average Bonchev–Trinajstić information content (AvgIpc) is 3.22. The van der Waals surface area contributed by atoms with Crippen LogP contribution in [-0.2, 0) is 6.42 Å². The lowest BCUT2D eigenvalue weighted by Crippen LogP contribution is -1.97. The summed E-state index contributed by atoms with van der Waals surface area (Å²) >= 11 is 0. The maximum Gasteiger partial charge on any atom is 0.177 e. The highest BCUT2D eigenvalue weighted by atomic mass is 15.0. The van der Waals surface area contributed by atoms with E-state index in [-0.39, 0.29) is 0 Å². The van der Waals surface area contributed by atoms with E-state index in [9.17, 15) is 0 Å². The Labute approximate surface area is 130 Å².